The van der Waals surface area contributed by atoms with Crippen LogP contribution in [0, 0.1) is 5.92 Å². The molecule has 4 aliphatic heterocycles. The number of hydrogen-bond acceptors (Lipinski definition) is 19. The average molecular weight is 1360 g/mol. The molecule has 10 rings (SSSR count). The van der Waals surface area contributed by atoms with E-state index in [4.69, 9.17) is 33.2 Å². The van der Waals surface area contributed by atoms with Gasteiger partial charge in [0, 0.05) is 72.0 Å². The number of methoxy groups -OCH3 is 3. The zero-order valence-electron chi connectivity index (χ0n) is 53.8. The second kappa shape index (κ2) is 30.1. The van der Waals surface area contributed by atoms with Crippen molar-refractivity contribution in [1.82, 2.24) is 5.32 Å². The third-order valence-electron chi connectivity index (χ3n) is 17.9. The van der Waals surface area contributed by atoms with Crippen LogP contribution in [0.4, 0.5) is 28.4 Å². The van der Waals surface area contributed by atoms with Gasteiger partial charge in [0.05, 0.1) is 81.8 Å². The maximum atomic E-state index is 14.6. The summed E-state index contributed by atoms with van der Waals surface area (Å²) >= 11 is 0. The molecule has 4 atom stereocenters. The summed E-state index contributed by atoms with van der Waals surface area (Å²) in [6.45, 7) is 11.0. The molecule has 0 saturated heterocycles. The van der Waals surface area contributed by atoms with Crippen molar-refractivity contribution in [2.24, 2.45) is 5.92 Å². The van der Waals surface area contributed by atoms with E-state index < -0.39 is 59.0 Å². The molecule has 2 unspecified atom stereocenters. The Hall–Kier alpha value is -6.49. The number of amides is 3. The minimum atomic E-state index is -4.79. The molecule has 0 spiro atoms. The fraction of sp³-hybridized carbons (Fsp3) is 0.507. The zero-order chi connectivity index (χ0) is 66.2. The molecule has 504 valence electrons. The summed E-state index contributed by atoms with van der Waals surface area (Å²) in [5.41, 5.74) is 6.00. The molecule has 93 heavy (non-hydrogen) atoms. The number of nitrogens with zero attached hydrogens (tertiary/aromatic N) is 3. The monoisotopic (exact) mass is 1360 g/mol. The lowest BCUT2D eigenvalue weighted by atomic mass is 9.82. The third-order valence-corrected chi connectivity index (χ3v) is 23.4. The van der Waals surface area contributed by atoms with E-state index in [1.807, 2.05) is 73.3 Å². The average Bonchev–Trinajstić information content (AvgIpc) is 1.61. The van der Waals surface area contributed by atoms with Gasteiger partial charge in [0.2, 0.25) is 5.91 Å². The second-order valence-corrected chi connectivity index (χ2v) is 31.6. The fourth-order valence-electron chi connectivity index (χ4n) is 13.2. The van der Waals surface area contributed by atoms with Crippen molar-refractivity contribution in [3.05, 3.63) is 124 Å². The van der Waals surface area contributed by atoms with E-state index in [1.54, 1.807) is 31.4 Å². The number of para-hydroxylation sites is 2. The van der Waals surface area contributed by atoms with Crippen LogP contribution < -0.4 is 49.6 Å². The zero-order valence-corrected chi connectivity index (χ0v) is 57.0. The standard InChI is InChI=1S/C67H86N6O16S4/c1-66(2,91-90-29-22-61(92(77,78)79)62(74)70-67(3,4)47-18-10-8-9-11-19-47)42-71(23-24-86-27-28-87-26-25-83-5)48-31-43(40-88-59-37-52-50(35-57(59)84-6)64(75)72-49(39-68-52)33-45-16-12-14-20-54(45)72)30-44(32-48)41-89-60-38-53-51(36-58(60)85-7)65(76)73-55-21-15-13-17-46(55)34-56(73)63(69-53)93(80,81)82/h12-17,20-21,30-32,35-38,47,49,56,61,63,68-69H,8-11,18-19,22-29,33-34,39-42H2,1-7H3,(H,70,74)(H,77,78,79)(H,80,81,82)/t49-,56-,61?,63?/m0/s1. The molecule has 5 aromatic rings. The molecule has 22 nitrogen and oxygen atoms in total. The van der Waals surface area contributed by atoms with Gasteiger partial charge in [-0.15, -0.1) is 0 Å². The van der Waals surface area contributed by atoms with Crippen LogP contribution in [0.15, 0.2) is 91.0 Å². The summed E-state index contributed by atoms with van der Waals surface area (Å²) in [7, 11) is -2.05. The highest BCUT2D eigenvalue weighted by atomic mass is 33.1. The van der Waals surface area contributed by atoms with Crippen LogP contribution >= 0.6 is 21.6 Å². The third kappa shape index (κ3) is 16.6. The number of nitrogens with one attached hydrogen (secondary N) is 3. The van der Waals surface area contributed by atoms with Crippen LogP contribution in [-0.2, 0) is 65.3 Å². The number of carbonyl (C=O) groups is 3. The first-order chi connectivity index (χ1) is 44.5. The number of benzene rings is 5. The van der Waals surface area contributed by atoms with Gasteiger partial charge in [-0.1, -0.05) is 83.7 Å². The lowest BCUT2D eigenvalue weighted by Crippen LogP contribution is -2.53. The Morgan fingerprint density at radius 3 is 1.89 bits per heavy atom. The largest absolute Gasteiger partial charge is 0.493 e. The van der Waals surface area contributed by atoms with Crippen LogP contribution in [-0.4, -0.2) is 156 Å². The first kappa shape index (κ1) is 69.3. The Kier molecular flexibility index (Phi) is 22.4. The van der Waals surface area contributed by atoms with Crippen molar-refractivity contribution in [3.63, 3.8) is 0 Å². The van der Waals surface area contributed by atoms with Gasteiger partial charge in [-0.25, -0.2) is 0 Å². The van der Waals surface area contributed by atoms with Crippen molar-refractivity contribution in [3.8, 4) is 23.0 Å². The van der Waals surface area contributed by atoms with Crippen LogP contribution in [0.1, 0.15) is 116 Å². The number of hydrogen-bond donors (Lipinski definition) is 5. The van der Waals surface area contributed by atoms with E-state index in [0.29, 0.717) is 92.0 Å². The molecule has 1 saturated carbocycles. The molecular weight excluding hydrogens is 1270 g/mol. The molecular formula is C67H86N6O16S4. The van der Waals surface area contributed by atoms with Gasteiger partial charge in [-0.3, -0.25) is 23.5 Å². The normalized spacial score (nSPS) is 18.4. The van der Waals surface area contributed by atoms with Crippen molar-refractivity contribution in [2.45, 2.75) is 132 Å². The lowest BCUT2D eigenvalue weighted by Gasteiger charge is -2.36. The summed E-state index contributed by atoms with van der Waals surface area (Å²) in [5, 5.41) is 6.25. The maximum absolute atomic E-state index is 14.6. The number of rotatable bonds is 30. The Morgan fingerprint density at radius 2 is 1.28 bits per heavy atom. The van der Waals surface area contributed by atoms with Gasteiger partial charge < -0.3 is 63.8 Å². The summed E-state index contributed by atoms with van der Waals surface area (Å²) in [6.07, 6.45) is 6.97. The van der Waals surface area contributed by atoms with Gasteiger partial charge in [0.15, 0.2) is 33.6 Å². The topological polar surface area (TPSA) is 270 Å². The number of anilines is 5. The molecule has 0 bridgehead atoms. The smallest absolute Gasteiger partial charge is 0.288 e. The predicted octanol–water partition coefficient (Wildman–Crippen LogP) is 10.2. The van der Waals surface area contributed by atoms with Crippen molar-refractivity contribution in [1.29, 1.82) is 0 Å². The van der Waals surface area contributed by atoms with Crippen LogP contribution in [0.3, 0.4) is 0 Å². The van der Waals surface area contributed by atoms with Crippen LogP contribution in [0.2, 0.25) is 0 Å². The first-order valence-electron chi connectivity index (χ1n) is 31.6. The molecule has 0 aromatic heterocycles. The second-order valence-electron chi connectivity index (χ2n) is 25.4. The van der Waals surface area contributed by atoms with Gasteiger partial charge in [-0.2, -0.15) is 16.8 Å². The van der Waals surface area contributed by atoms with E-state index >= 15 is 0 Å². The number of fused-ring (bicyclic) bond motifs is 8. The van der Waals surface area contributed by atoms with E-state index in [2.05, 4.69) is 34.7 Å². The molecule has 5 N–H and O–H groups in total. The molecule has 5 aromatic carbocycles. The Bertz CT molecular complexity index is 3740. The summed E-state index contributed by atoms with van der Waals surface area (Å²) in [4.78, 5) is 48.1. The molecule has 3 amide bonds. The quantitative estimate of drug-likeness (QED) is 0.0124. The highest BCUT2D eigenvalue weighted by Crippen LogP contribution is 2.45. The van der Waals surface area contributed by atoms with Crippen molar-refractivity contribution >= 4 is 88.0 Å². The minimum Gasteiger partial charge on any atom is -0.493 e. The SMILES string of the molecule is COCCOCCOCCN(CC(C)(C)SSCCC(C(=O)NC(C)(C)C1CCCCCC1)S(=O)(=O)O)c1cc(COc2cc3c(cc2OC)C(=O)N2c4ccccc4C[C@H]2CN3)cc(COc2cc3c(cc2OC)C(=O)N2c4ccccc4C[C@H]2C(S(=O)(=O)O)N3)c1. The summed E-state index contributed by atoms with van der Waals surface area (Å²) < 4.78 is 115. The number of carbonyl (C=O) groups excluding carboxylic acids is 3. The lowest BCUT2D eigenvalue weighted by molar-refractivity contribution is -0.123. The number of ether oxygens (including phenoxy) is 7. The predicted molar refractivity (Wildman–Crippen MR) is 363 cm³/mol. The summed E-state index contributed by atoms with van der Waals surface area (Å²) in [6, 6.07) is 26.4. The highest BCUT2D eigenvalue weighted by molar-refractivity contribution is 8.77. The minimum absolute atomic E-state index is 0.00949. The van der Waals surface area contributed by atoms with Crippen LogP contribution in [0.5, 0.6) is 23.0 Å². The Morgan fingerprint density at radius 1 is 0.710 bits per heavy atom. The Balaban J connectivity index is 0.938. The Labute approximate surface area is 553 Å². The van der Waals surface area contributed by atoms with Gasteiger partial charge in [-0.05, 0) is 130 Å². The molecule has 0 radical (unpaired) electrons. The van der Waals surface area contributed by atoms with Crippen molar-refractivity contribution < 1.29 is 73.5 Å². The van der Waals surface area contributed by atoms with E-state index in [-0.39, 0.29) is 79.0 Å². The van der Waals surface area contributed by atoms with Crippen molar-refractivity contribution in [2.75, 3.05) is 105 Å². The highest BCUT2D eigenvalue weighted by Gasteiger charge is 2.48. The fourth-order valence-corrected chi connectivity index (χ4v) is 17.6. The molecule has 1 aliphatic carbocycles. The van der Waals surface area contributed by atoms with Crippen LogP contribution in [0.25, 0.3) is 0 Å². The molecule has 5 aliphatic rings. The summed E-state index contributed by atoms with van der Waals surface area (Å²) in [5.74, 6) is 0.155. The van der Waals surface area contributed by atoms with Gasteiger partial charge >= 0.3 is 0 Å². The molecule has 1 fully saturated rings. The van der Waals surface area contributed by atoms with E-state index in [1.165, 1.54) is 52.8 Å². The first-order valence-corrected chi connectivity index (χ1v) is 36.9. The van der Waals surface area contributed by atoms with E-state index in [0.717, 1.165) is 61.0 Å². The van der Waals surface area contributed by atoms with Gasteiger partial charge in [0.1, 0.15) is 13.2 Å². The van der Waals surface area contributed by atoms with E-state index in [9.17, 15) is 40.3 Å². The van der Waals surface area contributed by atoms with Gasteiger partial charge in [0.25, 0.3) is 32.1 Å². The molecule has 26 heteroatoms. The molecule has 4 heterocycles. The maximum Gasteiger partial charge on any atom is 0.288 e.